The van der Waals surface area contributed by atoms with Crippen LogP contribution in [0, 0.1) is 0 Å². The minimum atomic E-state index is 0.518. The smallest absolute Gasteiger partial charge is 0.235 e. The third-order valence-corrected chi connectivity index (χ3v) is 5.18. The Morgan fingerprint density at radius 2 is 1.57 bits per heavy atom. The first kappa shape index (κ1) is 18.1. The van der Waals surface area contributed by atoms with E-state index in [0.29, 0.717) is 28.0 Å². The maximum Gasteiger partial charge on any atom is 0.235 e. The fraction of sp³-hybridized carbons (Fsp3) is 0.211. The molecule has 0 bridgehead atoms. The molecule has 0 saturated carbocycles. The molecule has 0 radical (unpaired) electrons. The van der Waals surface area contributed by atoms with Crippen LogP contribution >= 0.6 is 11.3 Å². The third kappa shape index (κ3) is 2.99. The van der Waals surface area contributed by atoms with Gasteiger partial charge in [0.25, 0.3) is 0 Å². The monoisotopic (exact) mass is 398 g/mol. The summed E-state index contributed by atoms with van der Waals surface area (Å²) >= 11 is 1.45. The topological polar surface area (TPSA) is 80.0 Å². The highest BCUT2D eigenvalue weighted by molar-refractivity contribution is 7.19. The molecule has 2 aromatic carbocycles. The van der Waals surface area contributed by atoms with Crippen LogP contribution in [0.5, 0.6) is 23.0 Å². The molecule has 4 aromatic rings. The van der Waals surface area contributed by atoms with Crippen molar-refractivity contribution in [2.24, 2.45) is 0 Å². The van der Waals surface area contributed by atoms with Gasteiger partial charge in [0.2, 0.25) is 10.7 Å². The van der Waals surface area contributed by atoms with Crippen molar-refractivity contribution in [1.29, 1.82) is 0 Å². The van der Waals surface area contributed by atoms with Gasteiger partial charge in [-0.05, 0) is 24.3 Å². The summed E-state index contributed by atoms with van der Waals surface area (Å²) in [6.45, 7) is 0. The molecular weight excluding hydrogens is 380 g/mol. The Morgan fingerprint density at radius 3 is 2.21 bits per heavy atom. The predicted octanol–water partition coefficient (Wildman–Crippen LogP) is 3.55. The summed E-state index contributed by atoms with van der Waals surface area (Å²) < 4.78 is 23.3. The molecule has 0 aliphatic carbocycles. The number of hydrogen-bond acceptors (Lipinski definition) is 8. The lowest BCUT2D eigenvalue weighted by Crippen LogP contribution is -1.97. The van der Waals surface area contributed by atoms with E-state index >= 15 is 0 Å². The first-order valence-electron chi connectivity index (χ1n) is 8.35. The van der Waals surface area contributed by atoms with Crippen molar-refractivity contribution in [1.82, 2.24) is 19.8 Å². The molecule has 28 heavy (non-hydrogen) atoms. The van der Waals surface area contributed by atoms with Crippen LogP contribution in [-0.4, -0.2) is 48.3 Å². The van der Waals surface area contributed by atoms with Crippen molar-refractivity contribution in [3.63, 3.8) is 0 Å². The van der Waals surface area contributed by atoms with Gasteiger partial charge in [0.1, 0.15) is 10.8 Å². The molecule has 0 N–H and O–H groups in total. The Balaban J connectivity index is 1.83. The number of benzene rings is 2. The lowest BCUT2D eigenvalue weighted by Gasteiger charge is -2.13. The zero-order valence-corrected chi connectivity index (χ0v) is 16.6. The van der Waals surface area contributed by atoms with E-state index in [1.165, 1.54) is 11.3 Å². The Bertz CT molecular complexity index is 1110. The average Bonchev–Trinajstić information content (AvgIpc) is 3.33. The summed E-state index contributed by atoms with van der Waals surface area (Å²) in [5.41, 5.74) is 1.70. The fourth-order valence-corrected chi connectivity index (χ4v) is 3.72. The number of ether oxygens (including phenoxy) is 4. The normalized spacial score (nSPS) is 10.9. The molecule has 2 heterocycles. The summed E-state index contributed by atoms with van der Waals surface area (Å²) in [5.74, 6) is 2.95. The average molecular weight is 398 g/mol. The van der Waals surface area contributed by atoms with Gasteiger partial charge in [-0.25, -0.2) is 0 Å². The second-order valence-corrected chi connectivity index (χ2v) is 6.73. The molecule has 0 aliphatic heterocycles. The van der Waals surface area contributed by atoms with Crippen molar-refractivity contribution in [2.75, 3.05) is 28.4 Å². The lowest BCUT2D eigenvalue weighted by atomic mass is 10.1. The van der Waals surface area contributed by atoms with Crippen molar-refractivity contribution in [2.45, 2.75) is 0 Å². The maximum absolute atomic E-state index is 5.44. The summed E-state index contributed by atoms with van der Waals surface area (Å²) in [4.78, 5) is 0.682. The van der Waals surface area contributed by atoms with Gasteiger partial charge in [-0.3, -0.25) is 0 Å². The van der Waals surface area contributed by atoms with Crippen LogP contribution in [0.1, 0.15) is 0 Å². The van der Waals surface area contributed by atoms with Crippen molar-refractivity contribution in [3.8, 4) is 45.0 Å². The number of methoxy groups -OCH3 is 4. The van der Waals surface area contributed by atoms with E-state index in [4.69, 9.17) is 24.0 Å². The number of nitrogens with zero attached hydrogens (tertiary/aromatic N) is 4. The largest absolute Gasteiger partial charge is 0.497 e. The van der Waals surface area contributed by atoms with Gasteiger partial charge in [-0.15, -0.1) is 10.2 Å². The third-order valence-electron chi connectivity index (χ3n) is 4.23. The summed E-state index contributed by atoms with van der Waals surface area (Å²) in [6.07, 6.45) is 0. The molecule has 0 spiro atoms. The van der Waals surface area contributed by atoms with E-state index < -0.39 is 0 Å². The number of rotatable bonds is 6. The fourth-order valence-electron chi connectivity index (χ4n) is 2.88. The van der Waals surface area contributed by atoms with E-state index in [-0.39, 0.29) is 0 Å². The van der Waals surface area contributed by atoms with Crippen LogP contribution in [0.3, 0.4) is 0 Å². The van der Waals surface area contributed by atoms with E-state index in [1.54, 1.807) is 33.0 Å². The van der Waals surface area contributed by atoms with Crippen molar-refractivity contribution >= 4 is 16.3 Å². The van der Waals surface area contributed by atoms with E-state index in [2.05, 4.69) is 10.2 Å². The minimum absolute atomic E-state index is 0.518. The van der Waals surface area contributed by atoms with Gasteiger partial charge in [0, 0.05) is 11.1 Å². The molecule has 0 amide bonds. The minimum Gasteiger partial charge on any atom is -0.497 e. The van der Waals surface area contributed by atoms with Gasteiger partial charge in [-0.2, -0.15) is 9.61 Å². The molecule has 144 valence electrons. The van der Waals surface area contributed by atoms with Crippen LogP contribution in [0.2, 0.25) is 0 Å². The quantitative estimate of drug-likeness (QED) is 0.491. The number of aromatic nitrogens is 4. The standard InChI is InChI=1S/C19H18N4O4S/c1-24-13-7-5-6-11(8-13)18-22-23-17(20-21-19(23)28-18)12-9-14(25-2)16(27-4)15(10-12)26-3/h5-10H,1-4H3. The summed E-state index contributed by atoms with van der Waals surface area (Å²) in [7, 11) is 6.35. The van der Waals surface area contributed by atoms with Crippen molar-refractivity contribution in [3.05, 3.63) is 36.4 Å². The van der Waals surface area contributed by atoms with Crippen LogP contribution < -0.4 is 18.9 Å². The molecule has 4 rings (SSSR count). The number of hydrogen-bond donors (Lipinski definition) is 0. The van der Waals surface area contributed by atoms with Gasteiger partial charge in [0.15, 0.2) is 17.3 Å². The SMILES string of the molecule is COc1cccc(-c2nn3c(-c4cc(OC)c(OC)c(OC)c4)nnc3s2)c1. The Kier molecular flexibility index (Phi) is 4.74. The van der Waals surface area contributed by atoms with Crippen LogP contribution in [-0.2, 0) is 0 Å². The molecule has 0 saturated heterocycles. The molecule has 0 unspecified atom stereocenters. The molecule has 0 aliphatic rings. The van der Waals surface area contributed by atoms with Crippen LogP contribution in [0.25, 0.3) is 26.9 Å². The highest BCUT2D eigenvalue weighted by Crippen LogP contribution is 2.41. The molecule has 8 nitrogen and oxygen atoms in total. The highest BCUT2D eigenvalue weighted by atomic mass is 32.1. The molecular formula is C19H18N4O4S. The second kappa shape index (κ2) is 7.35. The van der Waals surface area contributed by atoms with E-state index in [9.17, 15) is 0 Å². The van der Waals surface area contributed by atoms with Crippen LogP contribution in [0.4, 0.5) is 0 Å². The Morgan fingerprint density at radius 1 is 0.821 bits per heavy atom. The summed E-state index contributed by atoms with van der Waals surface area (Å²) in [6, 6.07) is 11.4. The predicted molar refractivity (Wildman–Crippen MR) is 106 cm³/mol. The molecule has 0 fully saturated rings. The zero-order chi connectivity index (χ0) is 19.7. The Labute approximate surface area is 165 Å². The first-order valence-corrected chi connectivity index (χ1v) is 9.17. The van der Waals surface area contributed by atoms with Crippen molar-refractivity contribution < 1.29 is 18.9 Å². The first-order chi connectivity index (χ1) is 13.7. The molecule has 0 atom stereocenters. The van der Waals surface area contributed by atoms with Crippen LogP contribution in [0.15, 0.2) is 36.4 Å². The van der Waals surface area contributed by atoms with Gasteiger partial charge in [0.05, 0.1) is 28.4 Å². The molecule has 9 heteroatoms. The second-order valence-electron chi connectivity index (χ2n) is 5.77. The Hall–Kier alpha value is -3.33. The van der Waals surface area contributed by atoms with Gasteiger partial charge >= 0.3 is 0 Å². The summed E-state index contributed by atoms with van der Waals surface area (Å²) in [5, 5.41) is 14.1. The molecule has 2 aromatic heterocycles. The number of fused-ring (bicyclic) bond motifs is 1. The highest BCUT2D eigenvalue weighted by Gasteiger charge is 2.19. The van der Waals surface area contributed by atoms with Gasteiger partial charge < -0.3 is 18.9 Å². The zero-order valence-electron chi connectivity index (χ0n) is 15.8. The van der Waals surface area contributed by atoms with Gasteiger partial charge in [-0.1, -0.05) is 23.5 Å². The maximum atomic E-state index is 5.44. The van der Waals surface area contributed by atoms with E-state index in [1.807, 2.05) is 36.4 Å². The lowest BCUT2D eigenvalue weighted by molar-refractivity contribution is 0.324. The van der Waals surface area contributed by atoms with E-state index in [0.717, 1.165) is 21.9 Å².